The van der Waals surface area contributed by atoms with Gasteiger partial charge in [-0.15, -0.1) is 0 Å². The second kappa shape index (κ2) is 4.25. The zero-order valence-electron chi connectivity index (χ0n) is 9.63. The zero-order chi connectivity index (χ0) is 12.5. The molecule has 1 aliphatic carbocycles. The van der Waals surface area contributed by atoms with E-state index in [2.05, 4.69) is 20.3 Å². The molecule has 0 saturated heterocycles. The molecule has 0 amide bonds. The number of non-ortho nitro benzene ring substituents is 1. The van der Waals surface area contributed by atoms with E-state index >= 15 is 0 Å². The molecule has 0 bridgehead atoms. The molecule has 1 fully saturated rings. The zero-order valence-corrected chi connectivity index (χ0v) is 9.63. The summed E-state index contributed by atoms with van der Waals surface area (Å²) in [7, 11) is 0. The first-order chi connectivity index (χ1) is 8.75. The monoisotopic (exact) mass is 248 g/mol. The van der Waals surface area contributed by atoms with Crippen molar-refractivity contribution in [1.82, 2.24) is 10.3 Å². The highest BCUT2D eigenvalue weighted by molar-refractivity contribution is 5.93. The minimum absolute atomic E-state index is 0.0843. The Morgan fingerprint density at radius 2 is 2.17 bits per heavy atom. The van der Waals surface area contributed by atoms with Gasteiger partial charge in [-0.05, 0) is 28.7 Å². The van der Waals surface area contributed by atoms with Crippen LogP contribution >= 0.6 is 0 Å². The third-order valence-corrected chi connectivity index (χ3v) is 3.16. The standard InChI is InChI=1S/C11H12N4O3/c16-15(17)9-4-3-8(10-11(9)14-18-13-10)12-6-5-7-1-2-7/h3-4,7,12H,1-2,5-6H2. The molecule has 94 valence electrons. The van der Waals surface area contributed by atoms with Gasteiger partial charge in [0.2, 0.25) is 5.52 Å². The third-order valence-electron chi connectivity index (χ3n) is 3.16. The third kappa shape index (κ3) is 1.99. The van der Waals surface area contributed by atoms with Gasteiger partial charge in [-0.2, -0.15) is 0 Å². The minimum Gasteiger partial charge on any atom is -0.383 e. The summed E-state index contributed by atoms with van der Waals surface area (Å²) < 4.78 is 4.59. The van der Waals surface area contributed by atoms with Crippen LogP contribution in [0.15, 0.2) is 16.8 Å². The van der Waals surface area contributed by atoms with Crippen molar-refractivity contribution in [3.63, 3.8) is 0 Å². The number of anilines is 1. The van der Waals surface area contributed by atoms with Crippen LogP contribution in [0, 0.1) is 16.0 Å². The summed E-state index contributed by atoms with van der Waals surface area (Å²) in [6.07, 6.45) is 3.73. The first kappa shape index (κ1) is 10.9. The van der Waals surface area contributed by atoms with Crippen LogP contribution in [0.2, 0.25) is 0 Å². The van der Waals surface area contributed by atoms with Crippen LogP contribution in [0.4, 0.5) is 11.4 Å². The molecule has 1 saturated carbocycles. The molecule has 0 unspecified atom stereocenters. The van der Waals surface area contributed by atoms with Crippen molar-refractivity contribution in [2.75, 3.05) is 11.9 Å². The maximum absolute atomic E-state index is 10.8. The smallest absolute Gasteiger partial charge is 0.300 e. The Balaban J connectivity index is 1.85. The molecule has 1 heterocycles. The fraction of sp³-hybridized carbons (Fsp3) is 0.455. The lowest BCUT2D eigenvalue weighted by molar-refractivity contribution is -0.383. The molecule has 18 heavy (non-hydrogen) atoms. The molecule has 2 aromatic rings. The van der Waals surface area contributed by atoms with Gasteiger partial charge in [0.1, 0.15) is 0 Å². The molecule has 7 heteroatoms. The van der Waals surface area contributed by atoms with E-state index in [1.54, 1.807) is 6.07 Å². The van der Waals surface area contributed by atoms with Crippen molar-refractivity contribution >= 4 is 22.4 Å². The van der Waals surface area contributed by atoms with E-state index in [9.17, 15) is 10.1 Å². The number of nitrogens with zero attached hydrogens (tertiary/aromatic N) is 3. The predicted octanol–water partition coefficient (Wildman–Crippen LogP) is 2.34. The van der Waals surface area contributed by atoms with Gasteiger partial charge in [-0.25, -0.2) is 4.63 Å². The molecule has 1 aromatic carbocycles. The topological polar surface area (TPSA) is 94.1 Å². The van der Waals surface area contributed by atoms with Crippen molar-refractivity contribution in [1.29, 1.82) is 0 Å². The number of nitro benzene ring substituents is 1. The summed E-state index contributed by atoms with van der Waals surface area (Å²) in [4.78, 5) is 10.3. The Bertz CT molecular complexity index is 591. The van der Waals surface area contributed by atoms with Crippen molar-refractivity contribution in [3.8, 4) is 0 Å². The van der Waals surface area contributed by atoms with Crippen LogP contribution in [0.5, 0.6) is 0 Å². The molecule has 1 aromatic heterocycles. The Labute approximate surface area is 102 Å². The van der Waals surface area contributed by atoms with Gasteiger partial charge < -0.3 is 5.32 Å². The summed E-state index contributed by atoms with van der Waals surface area (Å²) in [6.45, 7) is 0.838. The van der Waals surface area contributed by atoms with Gasteiger partial charge >= 0.3 is 5.69 Å². The van der Waals surface area contributed by atoms with Crippen molar-refractivity contribution < 1.29 is 9.55 Å². The highest BCUT2D eigenvalue weighted by Crippen LogP contribution is 2.33. The molecule has 0 spiro atoms. The lowest BCUT2D eigenvalue weighted by Gasteiger charge is -2.05. The highest BCUT2D eigenvalue weighted by Gasteiger charge is 2.22. The van der Waals surface area contributed by atoms with Crippen LogP contribution in [-0.4, -0.2) is 21.8 Å². The molecular weight excluding hydrogens is 236 g/mol. The van der Waals surface area contributed by atoms with E-state index in [0.29, 0.717) is 5.52 Å². The molecule has 7 nitrogen and oxygen atoms in total. The van der Waals surface area contributed by atoms with Gasteiger partial charge in [0.05, 0.1) is 10.6 Å². The molecule has 3 rings (SSSR count). The van der Waals surface area contributed by atoms with Crippen LogP contribution in [0.25, 0.3) is 11.0 Å². The number of hydrogen-bond acceptors (Lipinski definition) is 6. The lowest BCUT2D eigenvalue weighted by Crippen LogP contribution is -2.03. The number of nitro groups is 1. The summed E-state index contributed by atoms with van der Waals surface area (Å²) in [5.74, 6) is 0.835. The quantitative estimate of drug-likeness (QED) is 0.644. The largest absolute Gasteiger partial charge is 0.383 e. The second-order valence-electron chi connectivity index (χ2n) is 4.51. The molecule has 1 N–H and O–H groups in total. The summed E-state index contributed by atoms with van der Waals surface area (Å²) in [5.41, 5.74) is 1.26. The average Bonchev–Trinajstić information content (AvgIpc) is 3.04. The van der Waals surface area contributed by atoms with Gasteiger partial charge in [-0.1, -0.05) is 12.8 Å². The first-order valence-electron chi connectivity index (χ1n) is 5.89. The van der Waals surface area contributed by atoms with E-state index in [1.807, 2.05) is 0 Å². The first-order valence-corrected chi connectivity index (χ1v) is 5.89. The normalized spacial score (nSPS) is 14.9. The maximum atomic E-state index is 10.8. The van der Waals surface area contributed by atoms with E-state index < -0.39 is 4.92 Å². The number of aromatic nitrogens is 2. The molecule has 0 radical (unpaired) electrons. The van der Waals surface area contributed by atoms with Crippen LogP contribution < -0.4 is 5.32 Å². The summed E-state index contributed by atoms with van der Waals surface area (Å²) >= 11 is 0. The van der Waals surface area contributed by atoms with E-state index in [0.717, 1.165) is 24.6 Å². The number of benzene rings is 1. The number of rotatable bonds is 5. The lowest BCUT2D eigenvalue weighted by atomic mass is 10.2. The van der Waals surface area contributed by atoms with Crippen molar-refractivity contribution in [2.45, 2.75) is 19.3 Å². The van der Waals surface area contributed by atoms with Crippen LogP contribution in [0.3, 0.4) is 0 Å². The Morgan fingerprint density at radius 1 is 1.39 bits per heavy atom. The highest BCUT2D eigenvalue weighted by atomic mass is 16.6. The Hall–Kier alpha value is -2.18. The predicted molar refractivity (Wildman–Crippen MR) is 64.3 cm³/mol. The fourth-order valence-corrected chi connectivity index (χ4v) is 1.96. The minimum atomic E-state index is -0.486. The number of nitrogens with one attached hydrogen (secondary N) is 1. The maximum Gasteiger partial charge on any atom is 0.300 e. The molecule has 0 atom stereocenters. The van der Waals surface area contributed by atoms with Crippen molar-refractivity contribution in [3.05, 3.63) is 22.2 Å². The SMILES string of the molecule is O=[N+]([O-])c1ccc(NCCC2CC2)c2nonc12. The van der Waals surface area contributed by atoms with E-state index in [-0.39, 0.29) is 11.2 Å². The Morgan fingerprint density at radius 3 is 2.89 bits per heavy atom. The number of hydrogen-bond donors (Lipinski definition) is 1. The summed E-state index contributed by atoms with van der Waals surface area (Å²) in [5, 5.41) is 21.3. The van der Waals surface area contributed by atoms with Gasteiger partial charge in [-0.3, -0.25) is 10.1 Å². The second-order valence-corrected chi connectivity index (χ2v) is 4.51. The van der Waals surface area contributed by atoms with Gasteiger partial charge in [0.15, 0.2) is 5.52 Å². The van der Waals surface area contributed by atoms with E-state index in [4.69, 9.17) is 0 Å². The fourth-order valence-electron chi connectivity index (χ4n) is 1.96. The number of fused-ring (bicyclic) bond motifs is 1. The van der Waals surface area contributed by atoms with Crippen molar-refractivity contribution in [2.24, 2.45) is 5.92 Å². The molecular formula is C11H12N4O3. The average molecular weight is 248 g/mol. The van der Waals surface area contributed by atoms with E-state index in [1.165, 1.54) is 18.9 Å². The summed E-state index contributed by atoms with van der Waals surface area (Å²) in [6, 6.07) is 3.07. The van der Waals surface area contributed by atoms with Crippen LogP contribution in [-0.2, 0) is 0 Å². The molecule has 1 aliphatic rings. The molecule has 0 aliphatic heterocycles. The Kier molecular flexibility index (Phi) is 2.58. The van der Waals surface area contributed by atoms with Crippen LogP contribution in [0.1, 0.15) is 19.3 Å². The van der Waals surface area contributed by atoms with Gasteiger partial charge in [0, 0.05) is 12.6 Å². The van der Waals surface area contributed by atoms with Gasteiger partial charge in [0.25, 0.3) is 0 Å².